The molecule has 0 spiro atoms. The molecule has 0 saturated heterocycles. The van der Waals surface area contributed by atoms with Gasteiger partial charge < -0.3 is 15.4 Å². The van der Waals surface area contributed by atoms with Gasteiger partial charge in [0.25, 0.3) is 5.91 Å². The van der Waals surface area contributed by atoms with Crippen molar-refractivity contribution in [3.8, 4) is 0 Å². The summed E-state index contributed by atoms with van der Waals surface area (Å²) >= 11 is 4.67. The molecule has 0 bridgehead atoms. The van der Waals surface area contributed by atoms with E-state index in [0.29, 0.717) is 10.7 Å². The molecule has 1 aromatic carbocycles. The van der Waals surface area contributed by atoms with Gasteiger partial charge in [0, 0.05) is 22.1 Å². The summed E-state index contributed by atoms with van der Waals surface area (Å²) in [4.78, 5) is 38.8. The van der Waals surface area contributed by atoms with Gasteiger partial charge in [-0.1, -0.05) is 12.1 Å². The van der Waals surface area contributed by atoms with Crippen molar-refractivity contribution < 1.29 is 19.1 Å². The lowest BCUT2D eigenvalue weighted by Crippen LogP contribution is -2.35. The van der Waals surface area contributed by atoms with E-state index in [4.69, 9.17) is 4.74 Å². The van der Waals surface area contributed by atoms with Crippen molar-refractivity contribution in [1.82, 2.24) is 10.3 Å². The number of para-hydroxylation sites is 1. The first kappa shape index (κ1) is 18.8. The second kappa shape index (κ2) is 9.70. The third-order valence-electron chi connectivity index (χ3n) is 2.75. The van der Waals surface area contributed by atoms with E-state index >= 15 is 0 Å². The van der Waals surface area contributed by atoms with Gasteiger partial charge in [-0.25, -0.2) is 9.78 Å². The van der Waals surface area contributed by atoms with Gasteiger partial charge in [0.15, 0.2) is 6.61 Å². The van der Waals surface area contributed by atoms with Crippen LogP contribution < -0.4 is 10.6 Å². The fourth-order valence-electron chi connectivity index (χ4n) is 1.63. The van der Waals surface area contributed by atoms with E-state index in [1.54, 1.807) is 29.8 Å². The van der Waals surface area contributed by atoms with E-state index < -0.39 is 24.4 Å². The Hall–Kier alpha value is -2.52. The SMILES string of the molecule is O=C(COC(=O)C=Cc1nccs1)NCC(=O)Nc1ccccc1Br. The monoisotopic (exact) mass is 423 g/mol. The van der Waals surface area contributed by atoms with Gasteiger partial charge in [-0.3, -0.25) is 9.59 Å². The fourth-order valence-corrected chi connectivity index (χ4v) is 2.54. The zero-order valence-electron chi connectivity index (χ0n) is 12.9. The highest BCUT2D eigenvalue weighted by Crippen LogP contribution is 2.20. The molecular weight excluding hydrogens is 410 g/mol. The fraction of sp³-hybridized carbons (Fsp3) is 0.125. The predicted molar refractivity (Wildman–Crippen MR) is 97.9 cm³/mol. The summed E-state index contributed by atoms with van der Waals surface area (Å²) in [5, 5.41) is 7.44. The molecule has 1 aromatic heterocycles. The van der Waals surface area contributed by atoms with Crippen molar-refractivity contribution in [2.24, 2.45) is 0 Å². The molecule has 130 valence electrons. The topological polar surface area (TPSA) is 97.4 Å². The summed E-state index contributed by atoms with van der Waals surface area (Å²) < 4.78 is 5.50. The number of nitrogens with one attached hydrogen (secondary N) is 2. The van der Waals surface area contributed by atoms with Crippen LogP contribution >= 0.6 is 27.3 Å². The first-order valence-corrected chi connectivity index (χ1v) is 8.77. The van der Waals surface area contributed by atoms with Crippen molar-refractivity contribution in [1.29, 1.82) is 0 Å². The molecule has 7 nitrogen and oxygen atoms in total. The van der Waals surface area contributed by atoms with E-state index in [1.807, 2.05) is 6.07 Å². The van der Waals surface area contributed by atoms with Gasteiger partial charge in [-0.2, -0.15) is 0 Å². The summed E-state index contributed by atoms with van der Waals surface area (Å²) in [6.07, 6.45) is 4.30. The van der Waals surface area contributed by atoms with Gasteiger partial charge in [0.1, 0.15) is 5.01 Å². The second-order valence-corrected chi connectivity index (χ2v) is 6.40. The van der Waals surface area contributed by atoms with E-state index in [9.17, 15) is 14.4 Å². The lowest BCUT2D eigenvalue weighted by atomic mass is 10.3. The molecule has 2 rings (SSSR count). The Balaban J connectivity index is 1.67. The second-order valence-electron chi connectivity index (χ2n) is 4.62. The molecule has 0 unspecified atom stereocenters. The van der Waals surface area contributed by atoms with Crippen LogP contribution in [0, 0.1) is 0 Å². The zero-order valence-corrected chi connectivity index (χ0v) is 15.3. The van der Waals surface area contributed by atoms with Crippen LogP contribution in [0.5, 0.6) is 0 Å². The maximum Gasteiger partial charge on any atom is 0.331 e. The molecule has 2 N–H and O–H groups in total. The molecule has 2 amide bonds. The number of aromatic nitrogens is 1. The number of benzene rings is 1. The molecule has 1 heterocycles. The maximum atomic E-state index is 11.8. The number of carbonyl (C=O) groups is 3. The molecule has 9 heteroatoms. The summed E-state index contributed by atoms with van der Waals surface area (Å²) in [5.74, 6) is -1.63. The number of ether oxygens (including phenoxy) is 1. The predicted octanol–water partition coefficient (Wildman–Crippen LogP) is 2.22. The van der Waals surface area contributed by atoms with Gasteiger partial charge >= 0.3 is 5.97 Å². The molecular formula is C16H14BrN3O4S. The molecule has 0 atom stereocenters. The van der Waals surface area contributed by atoms with E-state index in [-0.39, 0.29) is 6.54 Å². The summed E-state index contributed by atoms with van der Waals surface area (Å²) in [6.45, 7) is -0.698. The Kier molecular flexibility index (Phi) is 7.30. The smallest absolute Gasteiger partial charge is 0.331 e. The van der Waals surface area contributed by atoms with Crippen molar-refractivity contribution in [2.75, 3.05) is 18.5 Å². The minimum atomic E-state index is -0.664. The lowest BCUT2D eigenvalue weighted by molar-refractivity contribution is -0.143. The standard InChI is InChI=1S/C16H14BrN3O4S/c17-11-3-1-2-4-12(11)20-13(21)9-19-14(22)10-24-16(23)6-5-15-18-7-8-25-15/h1-8H,9-10H2,(H,19,22)(H,20,21). The molecule has 0 fully saturated rings. The molecule has 0 aliphatic heterocycles. The Labute approximate surface area is 156 Å². The van der Waals surface area contributed by atoms with Crippen LogP contribution in [0.2, 0.25) is 0 Å². The maximum absolute atomic E-state index is 11.8. The third kappa shape index (κ3) is 6.86. The quantitative estimate of drug-likeness (QED) is 0.525. The molecule has 0 aliphatic carbocycles. The van der Waals surface area contributed by atoms with Crippen LogP contribution in [0.15, 0.2) is 46.4 Å². The first-order valence-electron chi connectivity index (χ1n) is 7.10. The molecule has 0 radical (unpaired) electrons. The number of esters is 1. The normalized spacial score (nSPS) is 10.4. The minimum Gasteiger partial charge on any atom is -0.452 e. The largest absolute Gasteiger partial charge is 0.452 e. The van der Waals surface area contributed by atoms with Gasteiger partial charge in [-0.05, 0) is 34.1 Å². The van der Waals surface area contributed by atoms with Gasteiger partial charge in [0.2, 0.25) is 5.91 Å². The number of hydrogen-bond donors (Lipinski definition) is 2. The molecule has 0 saturated carbocycles. The van der Waals surface area contributed by atoms with E-state index in [0.717, 1.165) is 4.47 Å². The Morgan fingerprint density at radius 3 is 2.76 bits per heavy atom. The summed E-state index contributed by atoms with van der Waals surface area (Å²) in [6, 6.07) is 7.10. The number of halogens is 1. The molecule has 25 heavy (non-hydrogen) atoms. The van der Waals surface area contributed by atoms with Crippen molar-refractivity contribution in [3.05, 3.63) is 51.4 Å². The van der Waals surface area contributed by atoms with Crippen molar-refractivity contribution in [2.45, 2.75) is 0 Å². The van der Waals surface area contributed by atoms with E-state index in [1.165, 1.54) is 23.5 Å². The van der Waals surface area contributed by atoms with Crippen LogP contribution in [0.1, 0.15) is 5.01 Å². The van der Waals surface area contributed by atoms with Crippen LogP contribution in [-0.2, 0) is 19.1 Å². The van der Waals surface area contributed by atoms with Crippen LogP contribution in [0.25, 0.3) is 6.08 Å². The number of thiazole rings is 1. The highest BCUT2D eigenvalue weighted by molar-refractivity contribution is 9.10. The lowest BCUT2D eigenvalue weighted by Gasteiger charge is -2.08. The minimum absolute atomic E-state index is 0.229. The summed E-state index contributed by atoms with van der Waals surface area (Å²) in [5.41, 5.74) is 0.598. The third-order valence-corrected chi connectivity index (χ3v) is 4.19. The average molecular weight is 424 g/mol. The Bertz CT molecular complexity index is 777. The van der Waals surface area contributed by atoms with Gasteiger partial charge in [0.05, 0.1) is 12.2 Å². The number of anilines is 1. The summed E-state index contributed by atoms with van der Waals surface area (Å²) in [7, 11) is 0. The van der Waals surface area contributed by atoms with Crippen molar-refractivity contribution in [3.63, 3.8) is 0 Å². The Morgan fingerprint density at radius 1 is 1.24 bits per heavy atom. The number of nitrogens with zero attached hydrogens (tertiary/aromatic N) is 1. The average Bonchev–Trinajstić information content (AvgIpc) is 3.12. The highest BCUT2D eigenvalue weighted by atomic mass is 79.9. The molecule has 0 aliphatic rings. The van der Waals surface area contributed by atoms with E-state index in [2.05, 4.69) is 31.5 Å². The highest BCUT2D eigenvalue weighted by Gasteiger charge is 2.09. The number of rotatable bonds is 7. The van der Waals surface area contributed by atoms with Crippen LogP contribution in [-0.4, -0.2) is 35.9 Å². The molecule has 2 aromatic rings. The van der Waals surface area contributed by atoms with Crippen LogP contribution in [0.3, 0.4) is 0 Å². The van der Waals surface area contributed by atoms with Crippen molar-refractivity contribution >= 4 is 56.8 Å². The van der Waals surface area contributed by atoms with Gasteiger partial charge in [-0.15, -0.1) is 11.3 Å². The number of hydrogen-bond acceptors (Lipinski definition) is 6. The zero-order chi connectivity index (χ0) is 18.1. The Morgan fingerprint density at radius 2 is 2.04 bits per heavy atom. The number of amides is 2. The number of carbonyl (C=O) groups excluding carboxylic acids is 3. The first-order chi connectivity index (χ1) is 12.0. The van der Waals surface area contributed by atoms with Crippen LogP contribution in [0.4, 0.5) is 5.69 Å².